The van der Waals surface area contributed by atoms with Crippen LogP contribution in [0.4, 0.5) is 0 Å². The second-order valence-electron chi connectivity index (χ2n) is 3.08. The van der Waals surface area contributed by atoms with Crippen molar-refractivity contribution < 1.29 is 9.84 Å². The predicted octanol–water partition coefficient (Wildman–Crippen LogP) is 1.28. The summed E-state index contributed by atoms with van der Waals surface area (Å²) >= 11 is 1.81. The molecule has 66 valence electrons. The molecule has 0 bridgehead atoms. The summed E-state index contributed by atoms with van der Waals surface area (Å²) in [6, 6.07) is 0. The van der Waals surface area contributed by atoms with Crippen molar-refractivity contribution in [2.24, 2.45) is 0 Å². The largest absolute Gasteiger partial charge is 0.387 e. The third kappa shape index (κ3) is 3.01. The molecule has 1 rings (SSSR count). The number of aliphatic hydroxyl groups is 1. The van der Waals surface area contributed by atoms with Gasteiger partial charge in [0.25, 0.3) is 0 Å². The van der Waals surface area contributed by atoms with Crippen molar-refractivity contribution in [3.05, 3.63) is 0 Å². The molecule has 2 nitrogen and oxygen atoms in total. The summed E-state index contributed by atoms with van der Waals surface area (Å²) in [5, 5.41) is 9.77. The van der Waals surface area contributed by atoms with E-state index in [0.717, 1.165) is 31.0 Å². The second-order valence-corrected chi connectivity index (χ2v) is 4.18. The third-order valence-corrected chi connectivity index (χ3v) is 3.04. The van der Waals surface area contributed by atoms with Crippen LogP contribution in [-0.4, -0.2) is 35.4 Å². The Labute approximate surface area is 72.3 Å². The fraction of sp³-hybridized carbons (Fsp3) is 1.00. The molecule has 1 saturated heterocycles. The van der Waals surface area contributed by atoms with E-state index in [2.05, 4.69) is 6.92 Å². The zero-order valence-electron chi connectivity index (χ0n) is 7.01. The van der Waals surface area contributed by atoms with E-state index >= 15 is 0 Å². The van der Waals surface area contributed by atoms with Crippen molar-refractivity contribution in [1.29, 1.82) is 0 Å². The van der Waals surface area contributed by atoms with Crippen LogP contribution >= 0.6 is 11.8 Å². The van der Waals surface area contributed by atoms with Gasteiger partial charge in [0, 0.05) is 12.4 Å². The maximum absolute atomic E-state index is 9.77. The summed E-state index contributed by atoms with van der Waals surface area (Å²) in [5.74, 6) is 1.92. The minimum absolute atomic E-state index is 0.514. The Kier molecular flexibility index (Phi) is 3.69. The topological polar surface area (TPSA) is 29.5 Å². The molecule has 0 amide bonds. The minimum Gasteiger partial charge on any atom is -0.387 e. The molecule has 0 radical (unpaired) electrons. The summed E-state index contributed by atoms with van der Waals surface area (Å²) in [6.07, 6.45) is 1.92. The van der Waals surface area contributed by atoms with Crippen molar-refractivity contribution in [2.45, 2.75) is 25.4 Å². The molecule has 0 aliphatic carbocycles. The lowest BCUT2D eigenvalue weighted by molar-refractivity contribution is -0.0277. The van der Waals surface area contributed by atoms with Gasteiger partial charge in [-0.05, 0) is 18.6 Å². The molecule has 0 saturated carbocycles. The van der Waals surface area contributed by atoms with Crippen LogP contribution in [0.5, 0.6) is 0 Å². The van der Waals surface area contributed by atoms with E-state index in [9.17, 15) is 5.11 Å². The Balaban J connectivity index is 2.13. The lowest BCUT2D eigenvalue weighted by Crippen LogP contribution is -2.34. The van der Waals surface area contributed by atoms with Crippen molar-refractivity contribution in [3.8, 4) is 0 Å². The predicted molar refractivity (Wildman–Crippen MR) is 48.0 cm³/mol. The monoisotopic (exact) mass is 176 g/mol. The van der Waals surface area contributed by atoms with E-state index in [4.69, 9.17) is 4.74 Å². The van der Waals surface area contributed by atoms with Crippen molar-refractivity contribution in [2.75, 3.05) is 24.7 Å². The van der Waals surface area contributed by atoms with Crippen LogP contribution < -0.4 is 0 Å². The zero-order chi connectivity index (χ0) is 8.16. The average Bonchev–Trinajstić information content (AvgIpc) is 2.38. The van der Waals surface area contributed by atoms with Gasteiger partial charge in [-0.1, -0.05) is 6.92 Å². The van der Waals surface area contributed by atoms with Crippen LogP contribution in [0.3, 0.4) is 0 Å². The van der Waals surface area contributed by atoms with Gasteiger partial charge in [0.1, 0.15) is 0 Å². The molecular weight excluding hydrogens is 160 g/mol. The van der Waals surface area contributed by atoms with Crippen LogP contribution in [0.1, 0.15) is 19.8 Å². The van der Waals surface area contributed by atoms with Gasteiger partial charge in [-0.25, -0.2) is 0 Å². The second kappa shape index (κ2) is 4.33. The average molecular weight is 176 g/mol. The van der Waals surface area contributed by atoms with Crippen LogP contribution in [0.15, 0.2) is 0 Å². The number of thioether (sulfide) groups is 1. The molecule has 3 heteroatoms. The van der Waals surface area contributed by atoms with Crippen molar-refractivity contribution in [3.63, 3.8) is 0 Å². The highest BCUT2D eigenvalue weighted by atomic mass is 32.2. The molecule has 0 aromatic heterocycles. The molecule has 0 aromatic rings. The Morgan fingerprint density at radius 1 is 1.64 bits per heavy atom. The molecule has 1 aliphatic rings. The van der Waals surface area contributed by atoms with Crippen LogP contribution in [0.25, 0.3) is 0 Å². The highest BCUT2D eigenvalue weighted by Crippen LogP contribution is 2.27. The lowest BCUT2D eigenvalue weighted by atomic mass is 10.1. The quantitative estimate of drug-likeness (QED) is 0.654. The minimum atomic E-state index is -0.514. The zero-order valence-corrected chi connectivity index (χ0v) is 7.82. The van der Waals surface area contributed by atoms with Gasteiger partial charge in [-0.15, -0.1) is 0 Å². The summed E-state index contributed by atoms with van der Waals surface area (Å²) < 4.78 is 5.31. The fourth-order valence-electron chi connectivity index (χ4n) is 1.12. The Hall–Kier alpha value is 0.270. The van der Waals surface area contributed by atoms with E-state index in [1.165, 1.54) is 0 Å². The van der Waals surface area contributed by atoms with Gasteiger partial charge in [-0.2, -0.15) is 11.8 Å². The fourth-order valence-corrected chi connectivity index (χ4v) is 2.39. The van der Waals surface area contributed by atoms with Gasteiger partial charge in [0.05, 0.1) is 12.2 Å². The van der Waals surface area contributed by atoms with E-state index < -0.39 is 5.60 Å². The molecule has 11 heavy (non-hydrogen) atoms. The normalized spacial score (nSPS) is 31.1. The van der Waals surface area contributed by atoms with Gasteiger partial charge in [0.2, 0.25) is 0 Å². The van der Waals surface area contributed by atoms with E-state index in [-0.39, 0.29) is 0 Å². The number of hydrogen-bond acceptors (Lipinski definition) is 3. The van der Waals surface area contributed by atoms with Crippen molar-refractivity contribution in [1.82, 2.24) is 0 Å². The lowest BCUT2D eigenvalue weighted by Gasteiger charge is -2.20. The molecule has 1 unspecified atom stereocenters. The summed E-state index contributed by atoms with van der Waals surface area (Å²) in [5.41, 5.74) is -0.514. The first-order valence-electron chi connectivity index (χ1n) is 4.15. The first kappa shape index (κ1) is 9.36. The van der Waals surface area contributed by atoms with Crippen LogP contribution in [0, 0.1) is 0 Å². The highest BCUT2D eigenvalue weighted by molar-refractivity contribution is 7.99. The molecule has 1 atom stereocenters. The molecular formula is C8H16O2S. The first-order chi connectivity index (χ1) is 5.27. The van der Waals surface area contributed by atoms with E-state index in [1.54, 1.807) is 0 Å². The number of ether oxygens (including phenoxy) is 1. The van der Waals surface area contributed by atoms with Crippen LogP contribution in [0.2, 0.25) is 0 Å². The van der Waals surface area contributed by atoms with E-state index in [1.807, 2.05) is 11.8 Å². The smallest absolute Gasteiger partial charge is 0.0977 e. The van der Waals surface area contributed by atoms with Gasteiger partial charge in [-0.3, -0.25) is 0 Å². The van der Waals surface area contributed by atoms with E-state index in [0.29, 0.717) is 6.61 Å². The maximum Gasteiger partial charge on any atom is 0.0977 e. The van der Waals surface area contributed by atoms with Gasteiger partial charge >= 0.3 is 0 Å². The molecule has 1 aliphatic heterocycles. The molecule has 0 spiro atoms. The Morgan fingerprint density at radius 3 is 3.00 bits per heavy atom. The Bertz CT molecular complexity index is 111. The SMILES string of the molecule is CCCOCC1(O)CCSC1. The summed E-state index contributed by atoms with van der Waals surface area (Å²) in [4.78, 5) is 0. The number of rotatable bonds is 4. The van der Waals surface area contributed by atoms with Gasteiger partial charge in [0.15, 0.2) is 0 Å². The summed E-state index contributed by atoms with van der Waals surface area (Å²) in [6.45, 7) is 3.37. The standard InChI is InChI=1S/C8H16O2S/c1-2-4-10-6-8(9)3-5-11-7-8/h9H,2-7H2,1H3. The molecule has 1 fully saturated rings. The van der Waals surface area contributed by atoms with Crippen LogP contribution in [-0.2, 0) is 4.74 Å². The molecule has 1 heterocycles. The third-order valence-electron chi connectivity index (χ3n) is 1.80. The molecule has 1 N–H and O–H groups in total. The number of hydrogen-bond donors (Lipinski definition) is 1. The molecule has 0 aromatic carbocycles. The van der Waals surface area contributed by atoms with Gasteiger partial charge < -0.3 is 9.84 Å². The summed E-state index contributed by atoms with van der Waals surface area (Å²) in [7, 11) is 0. The Morgan fingerprint density at radius 2 is 2.45 bits per heavy atom. The maximum atomic E-state index is 9.77. The van der Waals surface area contributed by atoms with Crippen molar-refractivity contribution >= 4 is 11.8 Å². The first-order valence-corrected chi connectivity index (χ1v) is 5.30. The highest BCUT2D eigenvalue weighted by Gasteiger charge is 2.31.